The van der Waals surface area contributed by atoms with Gasteiger partial charge in [-0.2, -0.15) is 4.98 Å². The average molecular weight is 263 g/mol. The molecule has 2 aromatic rings. The van der Waals surface area contributed by atoms with Gasteiger partial charge in [-0.3, -0.25) is 0 Å². The van der Waals surface area contributed by atoms with E-state index in [1.54, 1.807) is 0 Å². The Labute approximate surface area is 113 Å². The van der Waals surface area contributed by atoms with E-state index in [4.69, 9.17) is 4.52 Å². The number of aromatic nitrogens is 3. The summed E-state index contributed by atoms with van der Waals surface area (Å²) in [7, 11) is 0. The largest absolute Gasteiger partial charge is 0.369 e. The molecular weight excluding hydrogens is 242 g/mol. The third kappa shape index (κ3) is 3.20. The van der Waals surface area contributed by atoms with Crippen molar-refractivity contribution < 1.29 is 4.52 Å². The minimum absolute atomic E-state index is 0.541. The highest BCUT2D eigenvalue weighted by Crippen LogP contribution is 2.21. The van der Waals surface area contributed by atoms with Gasteiger partial charge in [-0.15, -0.1) is 0 Å². The van der Waals surface area contributed by atoms with Crippen LogP contribution < -0.4 is 5.32 Å². The van der Waals surface area contributed by atoms with Crippen LogP contribution in [0.1, 0.15) is 26.0 Å². The number of nitrogens with zero attached hydrogens (tertiary/aromatic N) is 4. The topological polar surface area (TPSA) is 67.1 Å². The van der Waals surface area contributed by atoms with Gasteiger partial charge >= 0.3 is 0 Å². The molecule has 0 aromatic carbocycles. The molecule has 0 aliphatic carbocycles. The van der Waals surface area contributed by atoms with Gasteiger partial charge in [0.25, 0.3) is 5.71 Å². The lowest BCUT2D eigenvalue weighted by Crippen LogP contribution is -2.25. The second-order valence-corrected chi connectivity index (χ2v) is 4.48. The standard InChI is InChI=1S/C13H21N5O/c1-4-18(5-2)8-6-7-14-12-11-10(3)17-19-13(11)16-9-15-12/h9H,4-8H2,1-3H3,(H,14,15,16). The van der Waals surface area contributed by atoms with Crippen molar-refractivity contribution in [1.29, 1.82) is 0 Å². The SMILES string of the molecule is CCN(CC)CCCNc1ncnc2onc(C)c12. The fourth-order valence-electron chi connectivity index (χ4n) is 2.11. The van der Waals surface area contributed by atoms with Gasteiger partial charge in [0.15, 0.2) is 0 Å². The molecule has 0 saturated carbocycles. The molecule has 0 atom stereocenters. The first kappa shape index (κ1) is 13.7. The van der Waals surface area contributed by atoms with E-state index in [0.29, 0.717) is 5.71 Å². The summed E-state index contributed by atoms with van der Waals surface area (Å²) in [5.74, 6) is 0.809. The maximum absolute atomic E-state index is 5.12. The van der Waals surface area contributed by atoms with Gasteiger partial charge < -0.3 is 14.7 Å². The molecule has 0 aliphatic heterocycles. The molecular formula is C13H21N5O. The van der Waals surface area contributed by atoms with Crippen molar-refractivity contribution in [1.82, 2.24) is 20.0 Å². The quantitative estimate of drug-likeness (QED) is 0.771. The summed E-state index contributed by atoms with van der Waals surface area (Å²) < 4.78 is 5.12. The zero-order valence-electron chi connectivity index (χ0n) is 11.8. The van der Waals surface area contributed by atoms with Crippen LogP contribution in [0.2, 0.25) is 0 Å². The van der Waals surface area contributed by atoms with Gasteiger partial charge in [-0.25, -0.2) is 4.98 Å². The zero-order chi connectivity index (χ0) is 13.7. The highest BCUT2D eigenvalue weighted by atomic mass is 16.5. The fourth-order valence-corrected chi connectivity index (χ4v) is 2.11. The maximum atomic E-state index is 5.12. The molecule has 0 unspecified atom stereocenters. The molecule has 2 rings (SSSR count). The summed E-state index contributed by atoms with van der Waals surface area (Å²) in [6.07, 6.45) is 2.58. The molecule has 19 heavy (non-hydrogen) atoms. The number of hydrogen-bond donors (Lipinski definition) is 1. The van der Waals surface area contributed by atoms with Crippen molar-refractivity contribution in [2.75, 3.05) is 31.5 Å². The van der Waals surface area contributed by atoms with Crippen molar-refractivity contribution in [2.45, 2.75) is 27.2 Å². The minimum Gasteiger partial charge on any atom is -0.369 e. The molecule has 104 valence electrons. The van der Waals surface area contributed by atoms with E-state index in [9.17, 15) is 0 Å². The average Bonchev–Trinajstić information content (AvgIpc) is 2.82. The summed E-state index contributed by atoms with van der Waals surface area (Å²) >= 11 is 0. The molecule has 1 N–H and O–H groups in total. The Morgan fingerprint density at radius 3 is 2.79 bits per heavy atom. The number of aryl methyl sites for hydroxylation is 1. The van der Waals surface area contributed by atoms with Crippen LogP contribution in [0, 0.1) is 6.92 Å². The molecule has 0 saturated heterocycles. The van der Waals surface area contributed by atoms with E-state index in [2.05, 4.69) is 39.2 Å². The third-order valence-electron chi connectivity index (χ3n) is 3.28. The summed E-state index contributed by atoms with van der Waals surface area (Å²) in [6, 6.07) is 0. The Bertz CT molecular complexity index is 521. The van der Waals surface area contributed by atoms with Crippen molar-refractivity contribution >= 4 is 16.9 Å². The molecule has 2 aromatic heterocycles. The van der Waals surface area contributed by atoms with Crippen LogP contribution in [0.4, 0.5) is 5.82 Å². The van der Waals surface area contributed by atoms with E-state index >= 15 is 0 Å². The monoisotopic (exact) mass is 263 g/mol. The predicted molar refractivity (Wildman–Crippen MR) is 75.2 cm³/mol. The fraction of sp³-hybridized carbons (Fsp3) is 0.615. The summed E-state index contributed by atoms with van der Waals surface area (Å²) in [6.45, 7) is 10.4. The van der Waals surface area contributed by atoms with E-state index in [-0.39, 0.29) is 0 Å². The Hall–Kier alpha value is -1.69. The Morgan fingerprint density at radius 2 is 2.05 bits per heavy atom. The molecule has 0 radical (unpaired) electrons. The molecule has 0 fully saturated rings. The molecule has 6 nitrogen and oxygen atoms in total. The first-order valence-corrected chi connectivity index (χ1v) is 6.79. The van der Waals surface area contributed by atoms with Gasteiger partial charge in [-0.05, 0) is 33.0 Å². The van der Waals surface area contributed by atoms with Crippen LogP contribution in [0.5, 0.6) is 0 Å². The number of hydrogen-bond acceptors (Lipinski definition) is 6. The van der Waals surface area contributed by atoms with Gasteiger partial charge in [0, 0.05) is 6.54 Å². The smallest absolute Gasteiger partial charge is 0.263 e. The first-order chi connectivity index (χ1) is 9.26. The Balaban J connectivity index is 1.93. The highest BCUT2D eigenvalue weighted by Gasteiger charge is 2.11. The van der Waals surface area contributed by atoms with Gasteiger partial charge in [0.1, 0.15) is 17.5 Å². The van der Waals surface area contributed by atoms with E-state index in [1.807, 2.05) is 6.92 Å². The highest BCUT2D eigenvalue weighted by molar-refractivity contribution is 5.87. The molecule has 0 bridgehead atoms. The van der Waals surface area contributed by atoms with Crippen molar-refractivity contribution in [3.63, 3.8) is 0 Å². The summed E-state index contributed by atoms with van der Waals surface area (Å²) in [5.41, 5.74) is 1.36. The minimum atomic E-state index is 0.541. The normalized spacial score (nSPS) is 11.4. The molecule has 0 amide bonds. The van der Waals surface area contributed by atoms with Crippen LogP contribution >= 0.6 is 0 Å². The molecule has 0 spiro atoms. The predicted octanol–water partition coefficient (Wildman–Crippen LogP) is 2.07. The van der Waals surface area contributed by atoms with Gasteiger partial charge in [-0.1, -0.05) is 19.0 Å². The van der Waals surface area contributed by atoms with Crippen LogP contribution in [0.3, 0.4) is 0 Å². The van der Waals surface area contributed by atoms with E-state index < -0.39 is 0 Å². The third-order valence-corrected chi connectivity index (χ3v) is 3.28. The van der Waals surface area contributed by atoms with E-state index in [1.165, 1.54) is 6.33 Å². The van der Waals surface area contributed by atoms with Crippen molar-refractivity contribution in [2.24, 2.45) is 0 Å². The Kier molecular flexibility index (Phi) is 4.68. The van der Waals surface area contributed by atoms with Crippen LogP contribution in [-0.4, -0.2) is 46.2 Å². The maximum Gasteiger partial charge on any atom is 0.263 e. The van der Waals surface area contributed by atoms with Crippen LogP contribution in [0.25, 0.3) is 11.1 Å². The van der Waals surface area contributed by atoms with Crippen LogP contribution in [0.15, 0.2) is 10.9 Å². The summed E-state index contributed by atoms with van der Waals surface area (Å²) in [5, 5.41) is 8.13. The van der Waals surface area contributed by atoms with Crippen LogP contribution in [-0.2, 0) is 0 Å². The lowest BCUT2D eigenvalue weighted by molar-refractivity contribution is 0.303. The first-order valence-electron chi connectivity index (χ1n) is 6.79. The second kappa shape index (κ2) is 6.47. The molecule has 2 heterocycles. The number of fused-ring (bicyclic) bond motifs is 1. The number of nitrogens with one attached hydrogen (secondary N) is 1. The zero-order valence-corrected chi connectivity index (χ0v) is 11.8. The number of anilines is 1. The summed E-state index contributed by atoms with van der Waals surface area (Å²) in [4.78, 5) is 10.7. The second-order valence-electron chi connectivity index (χ2n) is 4.48. The lowest BCUT2D eigenvalue weighted by atomic mass is 10.3. The number of rotatable bonds is 7. The lowest BCUT2D eigenvalue weighted by Gasteiger charge is -2.17. The van der Waals surface area contributed by atoms with Crippen molar-refractivity contribution in [3.8, 4) is 0 Å². The van der Waals surface area contributed by atoms with Gasteiger partial charge in [0.05, 0.1) is 5.69 Å². The van der Waals surface area contributed by atoms with E-state index in [0.717, 1.165) is 49.5 Å². The van der Waals surface area contributed by atoms with Gasteiger partial charge in [0.2, 0.25) is 0 Å². The van der Waals surface area contributed by atoms with Crippen molar-refractivity contribution in [3.05, 3.63) is 12.0 Å². The molecule has 6 heteroatoms. The Morgan fingerprint density at radius 1 is 1.26 bits per heavy atom. The molecule has 0 aliphatic rings.